The molecule has 4 saturated heterocycles. The van der Waals surface area contributed by atoms with Crippen LogP contribution in [0.3, 0.4) is 0 Å². The van der Waals surface area contributed by atoms with Gasteiger partial charge in [-0.05, 0) is 51.9 Å². The van der Waals surface area contributed by atoms with Gasteiger partial charge >= 0.3 is 0 Å². The van der Waals surface area contributed by atoms with Crippen LogP contribution < -0.4 is 0 Å². The lowest BCUT2D eigenvalue weighted by atomic mass is 9.57. The average molecular weight is 328 g/mol. The summed E-state index contributed by atoms with van der Waals surface area (Å²) in [5, 5.41) is 11.2. The van der Waals surface area contributed by atoms with Crippen LogP contribution in [0, 0.1) is 17.8 Å². The molecule has 4 aliphatic heterocycles. The zero-order valence-corrected chi connectivity index (χ0v) is 14.4. The van der Waals surface area contributed by atoms with Crippen molar-refractivity contribution in [1.82, 2.24) is 0 Å². The lowest BCUT2D eigenvalue weighted by Crippen LogP contribution is -2.75. The summed E-state index contributed by atoms with van der Waals surface area (Å²) in [6.45, 7) is 8.30. The van der Waals surface area contributed by atoms with Crippen molar-refractivity contribution in [1.29, 1.82) is 0 Å². The highest BCUT2D eigenvalue weighted by Gasteiger charge is 2.72. The lowest BCUT2D eigenvalue weighted by Gasteiger charge is -2.62. The Morgan fingerprint density at radius 2 is 1.96 bits per heavy atom. The number of fused-ring (bicyclic) bond motifs is 2. The smallest absolute Gasteiger partial charge is 0.201 e. The van der Waals surface area contributed by atoms with Gasteiger partial charge in [-0.15, -0.1) is 0 Å². The largest absolute Gasteiger partial charge is 0.384 e. The molecule has 132 valence electrons. The molecule has 0 radical (unpaired) electrons. The van der Waals surface area contributed by atoms with Gasteiger partial charge < -0.3 is 19.3 Å². The third-order valence-electron chi connectivity index (χ3n) is 6.47. The van der Waals surface area contributed by atoms with E-state index in [2.05, 4.69) is 6.92 Å². The van der Waals surface area contributed by atoms with Gasteiger partial charge in [0.05, 0.1) is 0 Å². The molecular formula is C17H28O6. The van der Waals surface area contributed by atoms with Crippen molar-refractivity contribution in [3.05, 3.63) is 0 Å². The predicted octanol–water partition coefficient (Wildman–Crippen LogP) is 2.35. The number of hydrogen-bond acceptors (Lipinski definition) is 6. The van der Waals surface area contributed by atoms with Gasteiger partial charge in [0.1, 0.15) is 5.60 Å². The minimum Gasteiger partial charge on any atom is -0.384 e. The molecule has 23 heavy (non-hydrogen) atoms. The van der Waals surface area contributed by atoms with Crippen LogP contribution in [-0.4, -0.2) is 41.3 Å². The Bertz CT molecular complexity index is 482. The van der Waals surface area contributed by atoms with Crippen molar-refractivity contribution >= 4 is 0 Å². The van der Waals surface area contributed by atoms with Gasteiger partial charge in [-0.1, -0.05) is 6.92 Å². The number of rotatable bonds is 2. The first kappa shape index (κ1) is 16.2. The van der Waals surface area contributed by atoms with E-state index in [-0.39, 0.29) is 11.8 Å². The summed E-state index contributed by atoms with van der Waals surface area (Å²) in [5.74, 6) is -0.222. The topological polar surface area (TPSA) is 66.4 Å². The SMILES string of the molecule is CCO[C@H]1O[C@@H]2O[C@@]3(C)CCC4[C@H](C)CCC([C@]42OO3)[C@]1(C)O. The minimum absolute atomic E-state index is 0.144. The molecule has 1 saturated carbocycles. The number of hydrogen-bond donors (Lipinski definition) is 1. The van der Waals surface area contributed by atoms with Crippen LogP contribution in [0.25, 0.3) is 0 Å². The molecule has 2 unspecified atom stereocenters. The molecule has 0 amide bonds. The standard InChI is InChI=1S/C17H28O6/c1-5-19-13-16(4,18)12-7-6-10(2)11-8-9-15(3)21-14(20-13)17(11,12)23-22-15/h10-14,18H,5-9H2,1-4H3/t10-,11?,12?,13+,14-,15-,16+,17-/m1/s1. The van der Waals surface area contributed by atoms with E-state index in [0.29, 0.717) is 12.5 Å². The van der Waals surface area contributed by atoms with Gasteiger partial charge in [0.15, 0.2) is 18.2 Å². The zero-order valence-electron chi connectivity index (χ0n) is 14.4. The van der Waals surface area contributed by atoms with Crippen molar-refractivity contribution in [2.45, 2.75) is 82.9 Å². The van der Waals surface area contributed by atoms with E-state index in [0.717, 1.165) is 25.7 Å². The predicted molar refractivity (Wildman–Crippen MR) is 79.9 cm³/mol. The Kier molecular flexibility index (Phi) is 3.62. The lowest BCUT2D eigenvalue weighted by molar-refractivity contribution is -0.584. The van der Waals surface area contributed by atoms with E-state index < -0.39 is 29.6 Å². The van der Waals surface area contributed by atoms with E-state index in [1.165, 1.54) is 0 Å². The summed E-state index contributed by atoms with van der Waals surface area (Å²) in [5.41, 5.74) is -1.90. The maximum absolute atomic E-state index is 11.2. The maximum Gasteiger partial charge on any atom is 0.201 e. The summed E-state index contributed by atoms with van der Waals surface area (Å²) in [6.07, 6.45) is 2.32. The molecule has 0 aromatic rings. The molecule has 4 heterocycles. The van der Waals surface area contributed by atoms with Crippen molar-refractivity contribution in [2.75, 3.05) is 6.61 Å². The zero-order chi connectivity index (χ0) is 16.5. The summed E-state index contributed by atoms with van der Waals surface area (Å²) in [7, 11) is 0. The summed E-state index contributed by atoms with van der Waals surface area (Å²) in [6, 6.07) is 0. The normalized spacial score (nSPS) is 58.6. The highest BCUT2D eigenvalue weighted by atomic mass is 17.3. The molecule has 5 fully saturated rings. The summed E-state index contributed by atoms with van der Waals surface area (Å²) in [4.78, 5) is 11.7. The van der Waals surface area contributed by atoms with Gasteiger partial charge in [0.2, 0.25) is 5.79 Å². The van der Waals surface area contributed by atoms with Crippen LogP contribution in [-0.2, 0) is 24.0 Å². The number of ether oxygens (including phenoxy) is 3. The van der Waals surface area contributed by atoms with Crippen molar-refractivity contribution in [2.24, 2.45) is 17.8 Å². The Balaban J connectivity index is 1.80. The first-order chi connectivity index (χ1) is 10.8. The van der Waals surface area contributed by atoms with Crippen molar-refractivity contribution in [3.63, 3.8) is 0 Å². The van der Waals surface area contributed by atoms with Crippen LogP contribution in [0.1, 0.15) is 53.4 Å². The third-order valence-corrected chi connectivity index (χ3v) is 6.47. The highest BCUT2D eigenvalue weighted by molar-refractivity contribution is 5.13. The molecule has 6 heteroatoms. The molecule has 8 atom stereocenters. The van der Waals surface area contributed by atoms with Crippen LogP contribution in [0.15, 0.2) is 0 Å². The molecule has 1 N–H and O–H groups in total. The molecule has 1 aliphatic carbocycles. The fraction of sp³-hybridized carbons (Fsp3) is 1.00. The second-order valence-corrected chi connectivity index (χ2v) is 8.01. The van der Waals surface area contributed by atoms with Gasteiger partial charge in [-0.2, -0.15) is 0 Å². The van der Waals surface area contributed by atoms with Gasteiger partial charge in [-0.25, -0.2) is 9.78 Å². The highest BCUT2D eigenvalue weighted by Crippen LogP contribution is 2.61. The molecule has 5 rings (SSSR count). The number of aliphatic hydroxyl groups is 1. The summed E-state index contributed by atoms with van der Waals surface area (Å²) >= 11 is 0. The Morgan fingerprint density at radius 1 is 1.17 bits per heavy atom. The van der Waals surface area contributed by atoms with Gasteiger partial charge in [0.25, 0.3) is 0 Å². The first-order valence-corrected chi connectivity index (χ1v) is 8.87. The molecular weight excluding hydrogens is 300 g/mol. The van der Waals surface area contributed by atoms with Crippen LogP contribution in [0.5, 0.6) is 0 Å². The minimum atomic E-state index is -1.14. The van der Waals surface area contributed by atoms with E-state index in [1.54, 1.807) is 6.92 Å². The fourth-order valence-corrected chi connectivity index (χ4v) is 5.24. The van der Waals surface area contributed by atoms with E-state index in [1.807, 2.05) is 13.8 Å². The molecule has 1 spiro atoms. The van der Waals surface area contributed by atoms with E-state index in [4.69, 9.17) is 24.0 Å². The van der Waals surface area contributed by atoms with Crippen molar-refractivity contribution < 1.29 is 29.1 Å². The van der Waals surface area contributed by atoms with E-state index >= 15 is 0 Å². The van der Waals surface area contributed by atoms with E-state index in [9.17, 15) is 5.11 Å². The van der Waals surface area contributed by atoms with Gasteiger partial charge in [0, 0.05) is 18.9 Å². The van der Waals surface area contributed by atoms with Crippen LogP contribution in [0.4, 0.5) is 0 Å². The van der Waals surface area contributed by atoms with Crippen LogP contribution >= 0.6 is 0 Å². The Labute approximate surface area is 137 Å². The molecule has 5 aliphatic rings. The Hall–Kier alpha value is -0.240. The quantitative estimate of drug-likeness (QED) is 0.785. The Morgan fingerprint density at radius 3 is 2.70 bits per heavy atom. The maximum atomic E-state index is 11.2. The first-order valence-electron chi connectivity index (χ1n) is 8.87. The second kappa shape index (κ2) is 5.13. The molecule has 0 aromatic carbocycles. The third kappa shape index (κ3) is 2.09. The van der Waals surface area contributed by atoms with Crippen LogP contribution in [0.2, 0.25) is 0 Å². The second-order valence-electron chi connectivity index (χ2n) is 8.01. The van der Waals surface area contributed by atoms with Crippen molar-refractivity contribution in [3.8, 4) is 0 Å². The monoisotopic (exact) mass is 328 g/mol. The fourth-order valence-electron chi connectivity index (χ4n) is 5.24. The average Bonchev–Trinajstić information content (AvgIpc) is 2.71. The molecule has 6 nitrogen and oxygen atoms in total. The molecule has 0 aromatic heterocycles. The summed E-state index contributed by atoms with van der Waals surface area (Å²) < 4.78 is 18.0. The molecule has 2 bridgehead atoms. The van der Waals surface area contributed by atoms with Gasteiger partial charge in [-0.3, -0.25) is 0 Å².